The summed E-state index contributed by atoms with van der Waals surface area (Å²) in [7, 11) is -1.33. The van der Waals surface area contributed by atoms with Crippen molar-refractivity contribution in [3.05, 3.63) is 0 Å². The molecule has 1 heterocycles. The highest BCUT2D eigenvalue weighted by molar-refractivity contribution is 7.86. The minimum atomic E-state index is -3.26. The van der Waals surface area contributed by atoms with Gasteiger partial charge in [-0.3, -0.25) is 0 Å². The maximum atomic E-state index is 12.4. The summed E-state index contributed by atoms with van der Waals surface area (Å²) in [5.74, 6) is 0.411. The van der Waals surface area contributed by atoms with Gasteiger partial charge in [-0.05, 0) is 32.7 Å². The van der Waals surface area contributed by atoms with E-state index in [1.165, 1.54) is 0 Å². The van der Waals surface area contributed by atoms with Crippen molar-refractivity contribution >= 4 is 10.2 Å². The van der Waals surface area contributed by atoms with Gasteiger partial charge in [-0.2, -0.15) is 17.0 Å². The Morgan fingerprint density at radius 1 is 1.39 bits per heavy atom. The molecule has 0 saturated carbocycles. The van der Waals surface area contributed by atoms with Gasteiger partial charge in [0.2, 0.25) is 0 Å². The number of rotatable bonds is 6. The Bertz CT molecular complexity index is 341. The third-order valence-electron chi connectivity index (χ3n) is 3.94. The molecule has 0 bridgehead atoms. The topological polar surface area (TPSA) is 52.7 Å². The van der Waals surface area contributed by atoms with Crippen molar-refractivity contribution in [2.75, 3.05) is 33.2 Å². The average molecular weight is 277 g/mol. The second-order valence-electron chi connectivity index (χ2n) is 4.93. The summed E-state index contributed by atoms with van der Waals surface area (Å²) in [6.07, 6.45) is 2.06. The van der Waals surface area contributed by atoms with E-state index in [4.69, 9.17) is 0 Å². The molecule has 1 fully saturated rings. The van der Waals surface area contributed by atoms with E-state index in [-0.39, 0.29) is 0 Å². The number of nitrogens with one attached hydrogen (secondary N) is 1. The molecule has 2 unspecified atom stereocenters. The molecular formula is C12H27N3O2S. The van der Waals surface area contributed by atoms with Gasteiger partial charge >= 0.3 is 0 Å². The maximum absolute atomic E-state index is 12.4. The SMILES string of the molecule is CCN(CC)S(=O)(=O)N1CCCC(C(C)NC)C1. The highest BCUT2D eigenvalue weighted by Gasteiger charge is 2.33. The van der Waals surface area contributed by atoms with E-state index < -0.39 is 10.2 Å². The van der Waals surface area contributed by atoms with E-state index in [1.807, 2.05) is 20.9 Å². The largest absolute Gasteiger partial charge is 0.317 e. The standard InChI is InChI=1S/C12H27N3O2S/c1-5-14(6-2)18(16,17)15-9-7-8-12(10-15)11(3)13-4/h11-13H,5-10H2,1-4H3. The van der Waals surface area contributed by atoms with Crippen molar-refractivity contribution in [3.8, 4) is 0 Å². The first-order valence-electron chi connectivity index (χ1n) is 6.89. The molecule has 5 nitrogen and oxygen atoms in total. The Kier molecular flexibility index (Phi) is 6.04. The molecule has 0 radical (unpaired) electrons. The highest BCUT2D eigenvalue weighted by atomic mass is 32.2. The molecule has 1 aliphatic rings. The summed E-state index contributed by atoms with van der Waals surface area (Å²) in [6.45, 7) is 8.28. The van der Waals surface area contributed by atoms with Crippen LogP contribution in [0.3, 0.4) is 0 Å². The number of nitrogens with zero attached hydrogens (tertiary/aromatic N) is 2. The quantitative estimate of drug-likeness (QED) is 0.784. The minimum Gasteiger partial charge on any atom is -0.317 e. The fraction of sp³-hybridized carbons (Fsp3) is 1.00. The first kappa shape index (κ1) is 15.9. The molecule has 1 aliphatic heterocycles. The third kappa shape index (κ3) is 3.44. The van der Waals surface area contributed by atoms with Crippen LogP contribution in [0.5, 0.6) is 0 Å². The number of hydrogen-bond donors (Lipinski definition) is 1. The zero-order valence-corrected chi connectivity index (χ0v) is 12.8. The van der Waals surface area contributed by atoms with Gasteiger partial charge in [-0.15, -0.1) is 0 Å². The first-order chi connectivity index (χ1) is 8.47. The molecule has 6 heteroatoms. The molecule has 0 aromatic heterocycles. The lowest BCUT2D eigenvalue weighted by Crippen LogP contribution is -2.50. The summed E-state index contributed by atoms with van der Waals surface area (Å²) < 4.78 is 28.1. The minimum absolute atomic E-state index is 0.361. The van der Waals surface area contributed by atoms with Crippen LogP contribution < -0.4 is 5.32 Å². The Morgan fingerprint density at radius 3 is 2.50 bits per heavy atom. The van der Waals surface area contributed by atoms with Gasteiger partial charge in [-0.1, -0.05) is 13.8 Å². The lowest BCUT2D eigenvalue weighted by atomic mass is 9.93. The molecule has 0 aliphatic carbocycles. The van der Waals surface area contributed by atoms with Gasteiger partial charge in [0.25, 0.3) is 10.2 Å². The van der Waals surface area contributed by atoms with E-state index in [0.29, 0.717) is 38.1 Å². The van der Waals surface area contributed by atoms with Crippen LogP contribution in [0.2, 0.25) is 0 Å². The lowest BCUT2D eigenvalue weighted by molar-refractivity contribution is 0.217. The zero-order chi connectivity index (χ0) is 13.8. The van der Waals surface area contributed by atoms with E-state index >= 15 is 0 Å². The molecule has 2 atom stereocenters. The Hall–Kier alpha value is -0.170. The van der Waals surface area contributed by atoms with E-state index in [2.05, 4.69) is 12.2 Å². The van der Waals surface area contributed by atoms with E-state index in [9.17, 15) is 8.42 Å². The molecule has 18 heavy (non-hydrogen) atoms. The lowest BCUT2D eigenvalue weighted by Gasteiger charge is -2.37. The predicted octanol–water partition coefficient (Wildman–Crippen LogP) is 0.893. The van der Waals surface area contributed by atoms with Crippen LogP contribution in [0, 0.1) is 5.92 Å². The van der Waals surface area contributed by atoms with Gasteiger partial charge in [0.15, 0.2) is 0 Å². The van der Waals surface area contributed by atoms with Gasteiger partial charge in [-0.25, -0.2) is 0 Å². The summed E-state index contributed by atoms with van der Waals surface area (Å²) in [5.41, 5.74) is 0. The average Bonchev–Trinajstić information content (AvgIpc) is 2.39. The smallest absolute Gasteiger partial charge is 0.281 e. The van der Waals surface area contributed by atoms with Crippen LogP contribution in [0.15, 0.2) is 0 Å². The maximum Gasteiger partial charge on any atom is 0.281 e. The van der Waals surface area contributed by atoms with Crippen molar-refractivity contribution < 1.29 is 8.42 Å². The second-order valence-corrected chi connectivity index (χ2v) is 6.86. The Labute approximate surface area is 112 Å². The molecule has 1 N–H and O–H groups in total. The van der Waals surface area contributed by atoms with Crippen LogP contribution in [-0.4, -0.2) is 56.3 Å². The summed E-state index contributed by atoms with van der Waals surface area (Å²) in [4.78, 5) is 0. The fourth-order valence-electron chi connectivity index (χ4n) is 2.54. The second kappa shape index (κ2) is 6.84. The number of piperidine rings is 1. The molecule has 108 valence electrons. The van der Waals surface area contributed by atoms with Crippen molar-refractivity contribution in [2.24, 2.45) is 5.92 Å². The fourth-order valence-corrected chi connectivity index (χ4v) is 4.26. The summed E-state index contributed by atoms with van der Waals surface area (Å²) in [5, 5.41) is 3.23. The molecule has 0 spiro atoms. The molecule has 1 saturated heterocycles. The Balaban J connectivity index is 2.77. The van der Waals surface area contributed by atoms with Crippen LogP contribution in [0.25, 0.3) is 0 Å². The van der Waals surface area contributed by atoms with Crippen LogP contribution in [-0.2, 0) is 10.2 Å². The van der Waals surface area contributed by atoms with Crippen LogP contribution in [0.1, 0.15) is 33.6 Å². The summed E-state index contributed by atoms with van der Waals surface area (Å²) in [6, 6.07) is 0.361. The zero-order valence-electron chi connectivity index (χ0n) is 12.0. The molecule has 0 aromatic carbocycles. The monoisotopic (exact) mass is 277 g/mol. The molecular weight excluding hydrogens is 250 g/mol. The van der Waals surface area contributed by atoms with Crippen molar-refractivity contribution in [1.29, 1.82) is 0 Å². The van der Waals surface area contributed by atoms with E-state index in [0.717, 1.165) is 12.8 Å². The van der Waals surface area contributed by atoms with Gasteiger partial charge in [0.05, 0.1) is 0 Å². The van der Waals surface area contributed by atoms with Crippen molar-refractivity contribution in [3.63, 3.8) is 0 Å². The van der Waals surface area contributed by atoms with Gasteiger partial charge in [0, 0.05) is 32.2 Å². The van der Waals surface area contributed by atoms with Gasteiger partial charge in [0.1, 0.15) is 0 Å². The molecule has 0 amide bonds. The summed E-state index contributed by atoms with van der Waals surface area (Å²) >= 11 is 0. The predicted molar refractivity (Wildman–Crippen MR) is 74.7 cm³/mol. The van der Waals surface area contributed by atoms with Crippen LogP contribution in [0.4, 0.5) is 0 Å². The Morgan fingerprint density at radius 2 is 2.00 bits per heavy atom. The normalized spacial score (nSPS) is 24.4. The number of hydrogen-bond acceptors (Lipinski definition) is 3. The van der Waals surface area contributed by atoms with Gasteiger partial charge < -0.3 is 5.32 Å². The third-order valence-corrected chi connectivity index (χ3v) is 6.09. The van der Waals surface area contributed by atoms with Crippen molar-refractivity contribution in [2.45, 2.75) is 39.7 Å². The van der Waals surface area contributed by atoms with E-state index in [1.54, 1.807) is 8.61 Å². The highest BCUT2D eigenvalue weighted by Crippen LogP contribution is 2.23. The first-order valence-corrected chi connectivity index (χ1v) is 8.29. The molecule has 0 aromatic rings. The molecule has 1 rings (SSSR count). The van der Waals surface area contributed by atoms with Crippen LogP contribution >= 0.6 is 0 Å². The van der Waals surface area contributed by atoms with Crippen molar-refractivity contribution in [1.82, 2.24) is 13.9 Å².